The van der Waals surface area contributed by atoms with Crippen LogP contribution in [0.3, 0.4) is 0 Å². The standard InChI is InChI=1S/C14H11BrClN3S/c1-8(9-2-4-10(15)5-3-9)17-13-11(16)6-7-12-14(13)19-20-18-12/h2-8,17H,1H3. The molecule has 0 saturated heterocycles. The van der Waals surface area contributed by atoms with Crippen molar-refractivity contribution >= 4 is 56.0 Å². The van der Waals surface area contributed by atoms with E-state index in [0.29, 0.717) is 5.02 Å². The average molecular weight is 369 g/mol. The molecule has 1 heterocycles. The summed E-state index contributed by atoms with van der Waals surface area (Å²) < 4.78 is 9.62. The summed E-state index contributed by atoms with van der Waals surface area (Å²) in [6.07, 6.45) is 0. The van der Waals surface area contributed by atoms with Crippen molar-refractivity contribution in [1.29, 1.82) is 0 Å². The Balaban J connectivity index is 1.94. The topological polar surface area (TPSA) is 37.8 Å². The number of rotatable bonds is 3. The van der Waals surface area contributed by atoms with Crippen LogP contribution in [0.25, 0.3) is 11.0 Å². The van der Waals surface area contributed by atoms with Crippen LogP contribution in [-0.2, 0) is 0 Å². The summed E-state index contributed by atoms with van der Waals surface area (Å²) in [6, 6.07) is 12.1. The second kappa shape index (κ2) is 5.68. The Kier molecular flexibility index (Phi) is 3.92. The van der Waals surface area contributed by atoms with Gasteiger partial charge in [0.1, 0.15) is 11.0 Å². The molecule has 1 aromatic heterocycles. The number of hydrogen-bond donors (Lipinski definition) is 1. The Morgan fingerprint density at radius 3 is 2.65 bits per heavy atom. The molecule has 1 atom stereocenters. The third-order valence-electron chi connectivity index (χ3n) is 3.11. The second-order valence-electron chi connectivity index (χ2n) is 4.47. The van der Waals surface area contributed by atoms with E-state index in [1.165, 1.54) is 17.3 Å². The maximum Gasteiger partial charge on any atom is 0.129 e. The molecule has 102 valence electrons. The average Bonchev–Trinajstić information content (AvgIpc) is 2.91. The molecule has 3 nitrogen and oxygen atoms in total. The summed E-state index contributed by atoms with van der Waals surface area (Å²) in [5.74, 6) is 0. The van der Waals surface area contributed by atoms with E-state index >= 15 is 0 Å². The van der Waals surface area contributed by atoms with E-state index in [9.17, 15) is 0 Å². The Bertz CT molecular complexity index is 742. The molecule has 0 aliphatic rings. The van der Waals surface area contributed by atoms with E-state index in [-0.39, 0.29) is 6.04 Å². The van der Waals surface area contributed by atoms with Gasteiger partial charge in [-0.3, -0.25) is 0 Å². The summed E-state index contributed by atoms with van der Waals surface area (Å²) in [6.45, 7) is 2.10. The highest BCUT2D eigenvalue weighted by molar-refractivity contribution is 9.10. The number of fused-ring (bicyclic) bond motifs is 1. The van der Waals surface area contributed by atoms with Crippen molar-refractivity contribution < 1.29 is 0 Å². The maximum absolute atomic E-state index is 6.28. The van der Waals surface area contributed by atoms with E-state index in [4.69, 9.17) is 11.6 Å². The van der Waals surface area contributed by atoms with Gasteiger partial charge in [0.05, 0.1) is 22.4 Å². The zero-order chi connectivity index (χ0) is 14.1. The summed E-state index contributed by atoms with van der Waals surface area (Å²) in [5, 5.41) is 4.09. The van der Waals surface area contributed by atoms with Crippen molar-refractivity contribution in [2.45, 2.75) is 13.0 Å². The monoisotopic (exact) mass is 367 g/mol. The highest BCUT2D eigenvalue weighted by atomic mass is 79.9. The number of nitrogens with zero attached hydrogens (tertiary/aromatic N) is 2. The van der Waals surface area contributed by atoms with Crippen LogP contribution in [0.4, 0.5) is 5.69 Å². The van der Waals surface area contributed by atoms with Crippen molar-refractivity contribution in [3.63, 3.8) is 0 Å². The molecule has 3 rings (SSSR count). The molecule has 0 fully saturated rings. The lowest BCUT2D eigenvalue weighted by atomic mass is 10.1. The molecule has 3 aromatic rings. The minimum Gasteiger partial charge on any atom is -0.375 e. The lowest BCUT2D eigenvalue weighted by Gasteiger charge is -2.17. The number of nitrogens with one attached hydrogen (secondary N) is 1. The van der Waals surface area contributed by atoms with Crippen LogP contribution in [0.1, 0.15) is 18.5 Å². The van der Waals surface area contributed by atoms with E-state index in [2.05, 4.69) is 49.1 Å². The number of aromatic nitrogens is 2. The minimum absolute atomic E-state index is 0.132. The van der Waals surface area contributed by atoms with Crippen LogP contribution >= 0.6 is 39.3 Å². The fourth-order valence-electron chi connectivity index (χ4n) is 2.02. The first-order valence-electron chi connectivity index (χ1n) is 6.08. The molecular weight excluding hydrogens is 358 g/mol. The Morgan fingerprint density at radius 2 is 1.90 bits per heavy atom. The van der Waals surface area contributed by atoms with Gasteiger partial charge in [-0.25, -0.2) is 0 Å². The molecule has 2 aromatic carbocycles. The number of halogens is 2. The SMILES string of the molecule is CC(Nc1c(Cl)ccc2nsnc12)c1ccc(Br)cc1. The Labute approximate surface area is 134 Å². The molecule has 6 heteroatoms. The van der Waals surface area contributed by atoms with E-state index in [0.717, 1.165) is 21.2 Å². The van der Waals surface area contributed by atoms with Crippen molar-refractivity contribution in [3.05, 3.63) is 51.5 Å². The lowest BCUT2D eigenvalue weighted by Crippen LogP contribution is -2.07. The third kappa shape index (κ3) is 2.66. The van der Waals surface area contributed by atoms with Crippen LogP contribution in [0, 0.1) is 0 Å². The van der Waals surface area contributed by atoms with E-state index < -0.39 is 0 Å². The molecule has 0 saturated carbocycles. The molecule has 0 amide bonds. The van der Waals surface area contributed by atoms with Gasteiger partial charge in [-0.05, 0) is 36.8 Å². The van der Waals surface area contributed by atoms with E-state index in [1.54, 1.807) is 0 Å². The summed E-state index contributed by atoms with van der Waals surface area (Å²) >= 11 is 10.9. The van der Waals surface area contributed by atoms with Crippen LogP contribution in [-0.4, -0.2) is 8.75 Å². The van der Waals surface area contributed by atoms with Crippen molar-refractivity contribution in [2.75, 3.05) is 5.32 Å². The second-order valence-corrected chi connectivity index (χ2v) is 6.32. The van der Waals surface area contributed by atoms with Gasteiger partial charge in [-0.15, -0.1) is 0 Å². The summed E-state index contributed by atoms with van der Waals surface area (Å²) in [7, 11) is 0. The van der Waals surface area contributed by atoms with Crippen molar-refractivity contribution in [1.82, 2.24) is 8.75 Å². The first-order chi connectivity index (χ1) is 9.65. The number of anilines is 1. The smallest absolute Gasteiger partial charge is 0.129 e. The lowest BCUT2D eigenvalue weighted by molar-refractivity contribution is 0.886. The quantitative estimate of drug-likeness (QED) is 0.683. The normalized spacial score (nSPS) is 12.6. The van der Waals surface area contributed by atoms with Gasteiger partial charge in [0.25, 0.3) is 0 Å². The molecule has 0 radical (unpaired) electrons. The molecule has 1 N–H and O–H groups in total. The van der Waals surface area contributed by atoms with Gasteiger partial charge in [-0.2, -0.15) is 8.75 Å². The van der Waals surface area contributed by atoms with Crippen LogP contribution in [0.5, 0.6) is 0 Å². The number of hydrogen-bond acceptors (Lipinski definition) is 4. The van der Waals surface area contributed by atoms with Crippen molar-refractivity contribution in [2.24, 2.45) is 0 Å². The predicted octanol–water partition coefficient (Wildman–Crippen LogP) is 5.28. The largest absolute Gasteiger partial charge is 0.375 e. The number of benzene rings is 2. The minimum atomic E-state index is 0.132. The molecule has 1 unspecified atom stereocenters. The predicted molar refractivity (Wildman–Crippen MR) is 88.6 cm³/mol. The Morgan fingerprint density at radius 1 is 1.15 bits per heavy atom. The van der Waals surface area contributed by atoms with Gasteiger partial charge in [0, 0.05) is 10.5 Å². The first kappa shape index (κ1) is 13.8. The van der Waals surface area contributed by atoms with Gasteiger partial charge >= 0.3 is 0 Å². The van der Waals surface area contributed by atoms with E-state index in [1.807, 2.05) is 24.3 Å². The third-order valence-corrected chi connectivity index (χ3v) is 4.49. The first-order valence-corrected chi connectivity index (χ1v) is 7.98. The van der Waals surface area contributed by atoms with Gasteiger partial charge in [0.15, 0.2) is 0 Å². The van der Waals surface area contributed by atoms with Crippen LogP contribution < -0.4 is 5.32 Å². The molecule has 20 heavy (non-hydrogen) atoms. The molecular formula is C14H11BrClN3S. The maximum atomic E-state index is 6.28. The highest BCUT2D eigenvalue weighted by Crippen LogP contribution is 2.32. The zero-order valence-corrected chi connectivity index (χ0v) is 13.8. The fraction of sp³-hybridized carbons (Fsp3) is 0.143. The Hall–Kier alpha value is -1.17. The summed E-state index contributed by atoms with van der Waals surface area (Å²) in [4.78, 5) is 0. The van der Waals surface area contributed by atoms with Gasteiger partial charge in [-0.1, -0.05) is 39.7 Å². The molecule has 0 aliphatic heterocycles. The highest BCUT2D eigenvalue weighted by Gasteiger charge is 2.13. The van der Waals surface area contributed by atoms with Crippen LogP contribution in [0.2, 0.25) is 5.02 Å². The molecule has 0 bridgehead atoms. The van der Waals surface area contributed by atoms with Gasteiger partial charge < -0.3 is 5.32 Å². The summed E-state index contributed by atoms with van der Waals surface area (Å²) in [5.41, 5.74) is 3.72. The molecule has 0 aliphatic carbocycles. The zero-order valence-electron chi connectivity index (χ0n) is 10.6. The van der Waals surface area contributed by atoms with Crippen molar-refractivity contribution in [3.8, 4) is 0 Å². The van der Waals surface area contributed by atoms with Crippen LogP contribution in [0.15, 0.2) is 40.9 Å². The fourth-order valence-corrected chi connectivity index (χ4v) is 3.03. The molecule has 0 spiro atoms. The van der Waals surface area contributed by atoms with Gasteiger partial charge in [0.2, 0.25) is 0 Å².